The third kappa shape index (κ3) is 11.3. The lowest BCUT2D eigenvalue weighted by Crippen LogP contribution is -2.53. The van der Waals surface area contributed by atoms with Crippen LogP contribution in [0.5, 0.6) is 0 Å². The van der Waals surface area contributed by atoms with E-state index in [0.717, 1.165) is 5.56 Å². The van der Waals surface area contributed by atoms with E-state index in [1.807, 2.05) is 6.07 Å². The number of carbonyl (C=O) groups excluding carboxylic acids is 5. The zero-order chi connectivity index (χ0) is 24.5. The number of ether oxygens (including phenoxy) is 2. The summed E-state index contributed by atoms with van der Waals surface area (Å²) in [6, 6.07) is 6.32. The van der Waals surface area contributed by atoms with Gasteiger partial charge in [0.2, 0.25) is 11.8 Å². The minimum absolute atomic E-state index is 0. The first kappa shape index (κ1) is 26.9. The minimum atomic E-state index is -1.43. The lowest BCUT2D eigenvalue weighted by molar-refractivity contribution is -0.163. The molecule has 4 N–H and O–H groups in total. The van der Waals surface area contributed by atoms with E-state index in [1.54, 1.807) is 45.0 Å². The lowest BCUT2D eigenvalue weighted by atomic mass is 10.1. The number of amides is 3. The van der Waals surface area contributed by atoms with Crippen molar-refractivity contribution in [2.75, 3.05) is 0 Å². The van der Waals surface area contributed by atoms with Gasteiger partial charge >= 0.3 is 17.8 Å². The number of hydrogen-bond donors (Lipinski definition) is 3. The fraction of sp³-hybridized carbons (Fsp3) is 0.476. The Kier molecular flexibility index (Phi) is 11.2. The van der Waals surface area contributed by atoms with Crippen LogP contribution in [0.3, 0.4) is 0 Å². The molecule has 2 atom stereocenters. The van der Waals surface area contributed by atoms with E-state index >= 15 is 0 Å². The van der Waals surface area contributed by atoms with E-state index in [2.05, 4.69) is 5.32 Å². The Morgan fingerprint density at radius 3 is 2.25 bits per heavy atom. The first-order valence-corrected chi connectivity index (χ1v) is 9.66. The Morgan fingerprint density at radius 1 is 1.12 bits per heavy atom. The Balaban J connectivity index is 0.0000102. The Bertz CT molecular complexity index is 846. The summed E-state index contributed by atoms with van der Waals surface area (Å²) in [4.78, 5) is 59.8. The van der Waals surface area contributed by atoms with Crippen molar-refractivity contribution in [1.82, 2.24) is 10.6 Å². The van der Waals surface area contributed by atoms with Crippen molar-refractivity contribution in [3.05, 3.63) is 35.9 Å². The van der Waals surface area contributed by atoms with E-state index in [9.17, 15) is 24.0 Å². The number of nitrogens with two attached hydrogens (primary N) is 1. The summed E-state index contributed by atoms with van der Waals surface area (Å²) in [5.74, 6) is -5.04. The van der Waals surface area contributed by atoms with Crippen LogP contribution in [0.1, 0.15) is 46.1 Å². The molecule has 11 heteroatoms. The Hall–Kier alpha value is -3.14. The first-order valence-electron chi connectivity index (χ1n) is 10.1. The number of rotatable bonds is 9. The van der Waals surface area contributed by atoms with Crippen molar-refractivity contribution in [2.24, 2.45) is 5.73 Å². The number of halogens is 1. The molecule has 0 aliphatic rings. The van der Waals surface area contributed by atoms with Crippen molar-refractivity contribution in [3.63, 3.8) is 0 Å². The summed E-state index contributed by atoms with van der Waals surface area (Å²) in [6.07, 6.45) is -0.337. The maximum absolute atomic E-state index is 12.4. The van der Waals surface area contributed by atoms with Gasteiger partial charge in [-0.3, -0.25) is 19.2 Å². The van der Waals surface area contributed by atoms with Crippen LogP contribution >= 0.6 is 12.4 Å². The number of hydrogen-bond acceptors (Lipinski definition) is 7. The molecule has 1 aromatic rings. The van der Waals surface area contributed by atoms with Crippen molar-refractivity contribution >= 4 is 42.1 Å². The van der Waals surface area contributed by atoms with Gasteiger partial charge in [0, 0.05) is 6.42 Å². The highest BCUT2D eigenvalue weighted by molar-refractivity contribution is 6.33. The molecule has 0 spiro atoms. The second kappa shape index (κ2) is 13.3. The number of primary amides is 1. The highest BCUT2D eigenvalue weighted by Gasteiger charge is 2.28. The number of nitrogens with one attached hydrogen (secondary N) is 2. The van der Waals surface area contributed by atoms with E-state index in [1.165, 1.54) is 6.92 Å². The highest BCUT2D eigenvalue weighted by Crippen LogP contribution is 2.07. The molecule has 0 saturated carbocycles. The van der Waals surface area contributed by atoms with Crippen molar-refractivity contribution in [1.29, 1.82) is 0 Å². The van der Waals surface area contributed by atoms with Gasteiger partial charge in [-0.2, -0.15) is 0 Å². The van der Waals surface area contributed by atoms with E-state index < -0.39 is 47.3 Å². The largest absolute Gasteiger partial charge is 0.461 e. The van der Waals surface area contributed by atoms with Gasteiger partial charge in [-0.05, 0) is 39.7 Å². The summed E-state index contributed by atoms with van der Waals surface area (Å²) in [5.41, 5.74) is 5.12. The average molecular weight is 473 g/mol. The molecule has 1 rings (SSSR count). The van der Waals surface area contributed by atoms with Crippen molar-refractivity contribution < 1.29 is 34.9 Å². The van der Waals surface area contributed by atoms with Gasteiger partial charge in [-0.25, -0.2) is 4.79 Å². The molecule has 32 heavy (non-hydrogen) atoms. The molecule has 0 fully saturated rings. The zero-order valence-electron chi connectivity index (χ0n) is 19.5. The fourth-order valence-corrected chi connectivity index (χ4v) is 2.26. The van der Waals surface area contributed by atoms with Gasteiger partial charge < -0.3 is 25.8 Å². The third-order valence-corrected chi connectivity index (χ3v) is 3.80. The quantitative estimate of drug-likeness (QED) is 0.354. The smallest absolute Gasteiger partial charge is 0.397 e. The molecule has 0 saturated heterocycles. The Labute approximate surface area is 194 Å². The van der Waals surface area contributed by atoms with E-state index in [4.69, 9.17) is 16.6 Å². The molecule has 0 aliphatic carbocycles. The minimum Gasteiger partial charge on any atom is -0.461 e. The summed E-state index contributed by atoms with van der Waals surface area (Å²) in [5, 5.41) is 2.43. The molecule has 3 amide bonds. The van der Waals surface area contributed by atoms with Gasteiger partial charge in [-0.15, -0.1) is 12.4 Å². The molecular formula is C21H30ClN3O7. The summed E-state index contributed by atoms with van der Waals surface area (Å²) < 4.78 is 17.7. The molecule has 0 aliphatic heterocycles. The van der Waals surface area contributed by atoms with Crippen LogP contribution in [0.15, 0.2) is 30.3 Å². The molecular weight excluding hydrogens is 442 g/mol. The van der Waals surface area contributed by atoms with Crippen LogP contribution in [0.2, 0.25) is 1.41 Å². The van der Waals surface area contributed by atoms with Gasteiger partial charge in [0.05, 0.1) is 0 Å². The van der Waals surface area contributed by atoms with Gasteiger partial charge in [0.15, 0.2) is 1.41 Å². The second-order valence-electron chi connectivity index (χ2n) is 7.76. The molecule has 0 aromatic heterocycles. The van der Waals surface area contributed by atoms with Crippen LogP contribution in [0, 0.1) is 0 Å². The summed E-state index contributed by atoms with van der Waals surface area (Å²) in [6.45, 7) is 5.89. The molecule has 178 valence electrons. The fourth-order valence-electron chi connectivity index (χ4n) is 2.26. The predicted molar refractivity (Wildman–Crippen MR) is 117 cm³/mol. The molecule has 1 aromatic carbocycles. The van der Waals surface area contributed by atoms with Crippen LogP contribution in [0.25, 0.3) is 0 Å². The van der Waals surface area contributed by atoms with Crippen LogP contribution in [-0.4, -0.2) is 47.3 Å². The number of carbonyl (C=O) groups is 5. The second-order valence-corrected chi connectivity index (χ2v) is 7.76. The van der Waals surface area contributed by atoms with Crippen LogP contribution in [0.4, 0.5) is 0 Å². The average Bonchev–Trinajstić information content (AvgIpc) is 2.72. The zero-order valence-corrected chi connectivity index (χ0v) is 19.3. The first-order chi connectivity index (χ1) is 14.8. The molecule has 0 unspecified atom stereocenters. The number of esters is 2. The van der Waals surface area contributed by atoms with Gasteiger partial charge in [-0.1, -0.05) is 30.3 Å². The lowest BCUT2D eigenvalue weighted by Gasteiger charge is -2.21. The van der Waals surface area contributed by atoms with Crippen molar-refractivity contribution in [3.8, 4) is 0 Å². The molecule has 0 heterocycles. The van der Waals surface area contributed by atoms with Crippen LogP contribution in [-0.2, 0) is 40.1 Å². The summed E-state index contributed by atoms with van der Waals surface area (Å²) in [7, 11) is 0. The van der Waals surface area contributed by atoms with Gasteiger partial charge in [0.1, 0.15) is 24.3 Å². The standard InChI is InChI=1S/C21H29N3O7.ClH/c1-13(23-19(28)20(29)31-21(2,3)4)18(27)24-15(17(22)26)10-11-16(25)30-12-14-8-6-5-7-9-14;/h5-9,13,15H,10-12H2,1-4H3,(H2,22,26)(H,23,28)(H,24,27);1H/t13-,15-;/m0./s1/i/hD. The van der Waals surface area contributed by atoms with E-state index in [-0.39, 0.29) is 37.2 Å². The van der Waals surface area contributed by atoms with Crippen LogP contribution < -0.4 is 16.4 Å². The highest BCUT2D eigenvalue weighted by atomic mass is 35.5. The third-order valence-electron chi connectivity index (χ3n) is 3.80. The summed E-state index contributed by atoms with van der Waals surface area (Å²) >= 11 is 0. The SMILES string of the molecule is Cl.[2H]N(C(=O)C(=O)OC(C)(C)C)[C@@H](C)C(=O)N[C@@H](CCC(=O)OCc1ccccc1)C(N)=O. The predicted octanol–water partition coefficient (Wildman–Crippen LogP) is 0.748. The van der Waals surface area contributed by atoms with E-state index in [0.29, 0.717) is 0 Å². The molecule has 10 nitrogen and oxygen atoms in total. The maximum atomic E-state index is 12.4. The maximum Gasteiger partial charge on any atom is 0.397 e. The Morgan fingerprint density at radius 2 is 1.72 bits per heavy atom. The monoisotopic (exact) mass is 472 g/mol. The number of benzene rings is 1. The topological polar surface area (TPSA) is 154 Å². The normalized spacial score (nSPS) is 12.8. The molecule has 0 bridgehead atoms. The van der Waals surface area contributed by atoms with Gasteiger partial charge in [0.25, 0.3) is 0 Å². The van der Waals surface area contributed by atoms with Crippen molar-refractivity contribution in [2.45, 2.75) is 64.8 Å². The molecule has 0 radical (unpaired) electrons.